The first-order valence-electron chi connectivity index (χ1n) is 5.12. The van der Waals surface area contributed by atoms with Crippen molar-refractivity contribution in [3.05, 3.63) is 54.1 Å². The number of pyridine rings is 1. The van der Waals surface area contributed by atoms with E-state index in [0.717, 1.165) is 11.3 Å². The normalized spacial score (nSPS) is 10.0. The molecule has 0 saturated carbocycles. The summed E-state index contributed by atoms with van der Waals surface area (Å²) in [5.74, 6) is 0.00584. The lowest BCUT2D eigenvalue weighted by Gasteiger charge is -2.03. The molecule has 0 aliphatic heterocycles. The van der Waals surface area contributed by atoms with Gasteiger partial charge in [0.25, 0.3) is 0 Å². The number of amides is 1. The zero-order valence-corrected chi connectivity index (χ0v) is 8.81. The van der Waals surface area contributed by atoms with Crippen LogP contribution in [0.15, 0.2) is 42.9 Å². The minimum atomic E-state index is 0.00584. The highest BCUT2D eigenvalue weighted by Gasteiger charge is 2.03. The van der Waals surface area contributed by atoms with Crippen LogP contribution in [-0.2, 0) is 17.8 Å². The largest absolute Gasteiger partial charge is 0.365 e. The van der Waals surface area contributed by atoms with Gasteiger partial charge in [-0.1, -0.05) is 6.07 Å². The first-order valence-corrected chi connectivity index (χ1v) is 5.12. The summed E-state index contributed by atoms with van der Waals surface area (Å²) in [6.07, 6.45) is 5.65. The van der Waals surface area contributed by atoms with Crippen molar-refractivity contribution in [2.75, 3.05) is 0 Å². The maximum atomic E-state index is 11.5. The van der Waals surface area contributed by atoms with Crippen LogP contribution in [0.1, 0.15) is 11.3 Å². The van der Waals surface area contributed by atoms with Crippen molar-refractivity contribution in [3.63, 3.8) is 0 Å². The molecule has 0 aromatic carbocycles. The number of hydrogen-bond acceptors (Lipinski definition) is 2. The van der Waals surface area contributed by atoms with Gasteiger partial charge in [-0.15, -0.1) is 0 Å². The SMILES string of the molecule is O=C(Cc1ccc[nH]1)NCc1cccnc1. The second-order valence-corrected chi connectivity index (χ2v) is 3.51. The predicted octanol–water partition coefficient (Wildman–Crippen LogP) is 1.27. The first-order chi connectivity index (χ1) is 7.84. The van der Waals surface area contributed by atoms with Crippen molar-refractivity contribution in [3.8, 4) is 0 Å². The zero-order chi connectivity index (χ0) is 11.2. The Hall–Kier alpha value is -2.10. The van der Waals surface area contributed by atoms with E-state index in [2.05, 4.69) is 15.3 Å². The molecule has 0 spiro atoms. The van der Waals surface area contributed by atoms with E-state index in [1.54, 1.807) is 12.4 Å². The van der Waals surface area contributed by atoms with E-state index in [1.807, 2.05) is 30.5 Å². The van der Waals surface area contributed by atoms with Crippen LogP contribution in [0.3, 0.4) is 0 Å². The number of aromatic amines is 1. The van der Waals surface area contributed by atoms with Gasteiger partial charge in [0.1, 0.15) is 0 Å². The summed E-state index contributed by atoms with van der Waals surface area (Å²) in [7, 11) is 0. The van der Waals surface area contributed by atoms with E-state index in [4.69, 9.17) is 0 Å². The van der Waals surface area contributed by atoms with Crippen LogP contribution in [0.2, 0.25) is 0 Å². The highest BCUT2D eigenvalue weighted by Crippen LogP contribution is 1.97. The molecule has 0 atom stereocenters. The van der Waals surface area contributed by atoms with Crippen molar-refractivity contribution >= 4 is 5.91 Å². The molecule has 1 amide bonds. The fourth-order valence-electron chi connectivity index (χ4n) is 1.42. The predicted molar refractivity (Wildman–Crippen MR) is 60.6 cm³/mol. The van der Waals surface area contributed by atoms with Gasteiger partial charge in [-0.2, -0.15) is 0 Å². The van der Waals surface area contributed by atoms with Gasteiger partial charge in [0.15, 0.2) is 0 Å². The second-order valence-electron chi connectivity index (χ2n) is 3.51. The molecule has 2 aromatic heterocycles. The molecule has 2 aromatic rings. The molecule has 16 heavy (non-hydrogen) atoms. The third-order valence-electron chi connectivity index (χ3n) is 2.23. The van der Waals surface area contributed by atoms with Gasteiger partial charge >= 0.3 is 0 Å². The lowest BCUT2D eigenvalue weighted by atomic mass is 10.2. The molecule has 0 radical (unpaired) electrons. The summed E-state index contributed by atoms with van der Waals surface area (Å²) in [4.78, 5) is 18.5. The fraction of sp³-hybridized carbons (Fsp3) is 0.167. The minimum Gasteiger partial charge on any atom is -0.365 e. The third-order valence-corrected chi connectivity index (χ3v) is 2.23. The average molecular weight is 215 g/mol. The van der Waals surface area contributed by atoms with Crippen molar-refractivity contribution in [1.82, 2.24) is 15.3 Å². The van der Waals surface area contributed by atoms with E-state index in [0.29, 0.717) is 13.0 Å². The summed E-state index contributed by atoms with van der Waals surface area (Å²) >= 11 is 0. The van der Waals surface area contributed by atoms with Gasteiger partial charge in [0, 0.05) is 30.8 Å². The van der Waals surface area contributed by atoms with Crippen LogP contribution in [0, 0.1) is 0 Å². The van der Waals surface area contributed by atoms with E-state index in [-0.39, 0.29) is 5.91 Å². The van der Waals surface area contributed by atoms with Crippen molar-refractivity contribution in [2.24, 2.45) is 0 Å². The molecule has 0 aliphatic rings. The van der Waals surface area contributed by atoms with E-state index >= 15 is 0 Å². The molecular weight excluding hydrogens is 202 g/mol. The van der Waals surface area contributed by atoms with Crippen molar-refractivity contribution in [2.45, 2.75) is 13.0 Å². The molecule has 0 unspecified atom stereocenters. The van der Waals surface area contributed by atoms with Gasteiger partial charge in [-0.25, -0.2) is 0 Å². The van der Waals surface area contributed by atoms with Gasteiger partial charge < -0.3 is 10.3 Å². The third kappa shape index (κ3) is 2.95. The zero-order valence-electron chi connectivity index (χ0n) is 8.81. The molecule has 4 heteroatoms. The first kappa shape index (κ1) is 10.4. The van der Waals surface area contributed by atoms with Crippen LogP contribution in [0.25, 0.3) is 0 Å². The molecule has 4 nitrogen and oxygen atoms in total. The van der Waals surface area contributed by atoms with Gasteiger partial charge in [0.2, 0.25) is 5.91 Å². The van der Waals surface area contributed by atoms with Crippen LogP contribution in [-0.4, -0.2) is 15.9 Å². The van der Waals surface area contributed by atoms with Crippen LogP contribution in [0.5, 0.6) is 0 Å². The second kappa shape index (κ2) is 5.11. The molecule has 2 N–H and O–H groups in total. The number of carbonyl (C=O) groups excluding carboxylic acids is 1. The van der Waals surface area contributed by atoms with Crippen LogP contribution in [0.4, 0.5) is 0 Å². The Bertz CT molecular complexity index is 437. The van der Waals surface area contributed by atoms with Gasteiger partial charge in [0.05, 0.1) is 6.42 Å². The Morgan fingerprint density at radius 1 is 1.38 bits per heavy atom. The van der Waals surface area contributed by atoms with E-state index < -0.39 is 0 Å². The lowest BCUT2D eigenvalue weighted by molar-refractivity contribution is -0.120. The average Bonchev–Trinajstić information content (AvgIpc) is 2.81. The van der Waals surface area contributed by atoms with Crippen LogP contribution < -0.4 is 5.32 Å². The molecule has 2 heterocycles. The molecule has 0 aliphatic carbocycles. The fourth-order valence-corrected chi connectivity index (χ4v) is 1.42. The van der Waals surface area contributed by atoms with Crippen molar-refractivity contribution < 1.29 is 4.79 Å². The summed E-state index contributed by atoms with van der Waals surface area (Å²) in [5, 5.41) is 2.84. The smallest absolute Gasteiger partial charge is 0.226 e. The standard InChI is InChI=1S/C12H13N3O/c16-12(7-11-4-2-6-14-11)15-9-10-3-1-5-13-8-10/h1-6,8,14H,7,9H2,(H,15,16). The maximum Gasteiger partial charge on any atom is 0.226 e. The molecule has 0 saturated heterocycles. The number of nitrogens with zero attached hydrogens (tertiary/aromatic N) is 1. The number of rotatable bonds is 4. The Labute approximate surface area is 93.7 Å². The Morgan fingerprint density at radius 2 is 2.31 bits per heavy atom. The molecular formula is C12H13N3O. The molecule has 82 valence electrons. The number of aromatic nitrogens is 2. The van der Waals surface area contributed by atoms with Gasteiger partial charge in [-0.05, 0) is 23.8 Å². The lowest BCUT2D eigenvalue weighted by Crippen LogP contribution is -2.24. The Kier molecular flexibility index (Phi) is 3.33. The summed E-state index contributed by atoms with van der Waals surface area (Å²) in [6, 6.07) is 7.56. The number of nitrogens with one attached hydrogen (secondary N) is 2. The Balaban J connectivity index is 1.80. The number of carbonyl (C=O) groups is 1. The summed E-state index contributed by atoms with van der Waals surface area (Å²) in [6.45, 7) is 0.521. The maximum absolute atomic E-state index is 11.5. The molecule has 2 rings (SSSR count). The Morgan fingerprint density at radius 3 is 3.00 bits per heavy atom. The van der Waals surface area contributed by atoms with Crippen LogP contribution >= 0.6 is 0 Å². The quantitative estimate of drug-likeness (QED) is 0.806. The van der Waals surface area contributed by atoms with Gasteiger partial charge in [-0.3, -0.25) is 9.78 Å². The topological polar surface area (TPSA) is 57.8 Å². The number of hydrogen-bond donors (Lipinski definition) is 2. The van der Waals surface area contributed by atoms with E-state index in [1.165, 1.54) is 0 Å². The summed E-state index contributed by atoms with van der Waals surface area (Å²) < 4.78 is 0. The highest BCUT2D eigenvalue weighted by atomic mass is 16.1. The highest BCUT2D eigenvalue weighted by molar-refractivity contribution is 5.78. The molecule has 0 fully saturated rings. The molecule has 0 bridgehead atoms. The monoisotopic (exact) mass is 215 g/mol. The number of H-pyrrole nitrogens is 1. The summed E-state index contributed by atoms with van der Waals surface area (Å²) in [5.41, 5.74) is 1.92. The van der Waals surface area contributed by atoms with E-state index in [9.17, 15) is 4.79 Å². The van der Waals surface area contributed by atoms with Crippen molar-refractivity contribution in [1.29, 1.82) is 0 Å². The minimum absolute atomic E-state index is 0.00584.